The lowest BCUT2D eigenvalue weighted by Gasteiger charge is -2.25. The molecule has 2 heterocycles. The van der Waals surface area contributed by atoms with Crippen LogP contribution in [0.15, 0.2) is 79.4 Å². The Hall–Kier alpha value is -3.14. The third-order valence-corrected chi connectivity index (χ3v) is 5.71. The molecule has 2 aliphatic rings. The molecule has 5 rings (SSSR count). The summed E-state index contributed by atoms with van der Waals surface area (Å²) < 4.78 is 0. The van der Waals surface area contributed by atoms with Gasteiger partial charge in [0.2, 0.25) is 0 Å². The molecule has 0 saturated heterocycles. The number of benzene rings is 3. The van der Waals surface area contributed by atoms with E-state index in [-0.39, 0.29) is 0 Å². The van der Waals surface area contributed by atoms with Crippen LogP contribution in [-0.4, -0.2) is 53.1 Å². The minimum atomic E-state index is 0.932. The molecule has 142 valence electrons. The largest absolute Gasteiger partial charge is 0.362 e. The molecule has 0 aliphatic carbocycles. The first kappa shape index (κ1) is 17.0. The molecule has 3 aromatic rings. The predicted octanol–water partition coefficient (Wildman–Crippen LogP) is 4.22. The Morgan fingerprint density at radius 3 is 1.89 bits per heavy atom. The molecule has 4 nitrogen and oxygen atoms in total. The van der Waals surface area contributed by atoms with Crippen molar-refractivity contribution in [3.63, 3.8) is 0 Å². The Labute approximate surface area is 166 Å². The van der Waals surface area contributed by atoms with Crippen molar-refractivity contribution in [2.75, 3.05) is 33.5 Å². The van der Waals surface area contributed by atoms with Crippen LogP contribution >= 0.6 is 0 Å². The standard InChI is InChI=1S/C24H26N4/c1-25-10-11-26(18-25)12-13-27-14-15-28(19-27)17-24-22-8-4-2-6-20(22)16-21-7-3-5-9-23(21)24/h2-11,14-16H,12-13,17-19H2,1H3. The summed E-state index contributed by atoms with van der Waals surface area (Å²) in [7, 11) is 2.11. The lowest BCUT2D eigenvalue weighted by atomic mass is 9.96. The van der Waals surface area contributed by atoms with Gasteiger partial charge in [0.25, 0.3) is 0 Å². The number of hydrogen-bond acceptors (Lipinski definition) is 4. The van der Waals surface area contributed by atoms with E-state index in [0.717, 1.165) is 33.0 Å². The zero-order valence-electron chi connectivity index (χ0n) is 16.3. The van der Waals surface area contributed by atoms with Gasteiger partial charge in [0, 0.05) is 51.5 Å². The van der Waals surface area contributed by atoms with E-state index in [1.807, 2.05) is 0 Å². The van der Waals surface area contributed by atoms with Crippen LogP contribution in [0.1, 0.15) is 5.56 Å². The Morgan fingerprint density at radius 1 is 0.679 bits per heavy atom. The molecule has 28 heavy (non-hydrogen) atoms. The van der Waals surface area contributed by atoms with Crippen molar-refractivity contribution < 1.29 is 0 Å². The molecule has 0 fully saturated rings. The highest BCUT2D eigenvalue weighted by molar-refractivity contribution is 6.02. The molecular formula is C24H26N4. The summed E-state index contributed by atoms with van der Waals surface area (Å²) in [6, 6.07) is 19.8. The van der Waals surface area contributed by atoms with Crippen LogP contribution in [0, 0.1) is 0 Å². The number of hydrogen-bond donors (Lipinski definition) is 0. The summed E-state index contributed by atoms with van der Waals surface area (Å²) in [4.78, 5) is 9.38. The molecule has 2 aliphatic heterocycles. The van der Waals surface area contributed by atoms with Gasteiger partial charge in [-0.2, -0.15) is 0 Å². The van der Waals surface area contributed by atoms with Gasteiger partial charge in [0.15, 0.2) is 0 Å². The minimum Gasteiger partial charge on any atom is -0.362 e. The van der Waals surface area contributed by atoms with Gasteiger partial charge in [0.05, 0.1) is 13.3 Å². The van der Waals surface area contributed by atoms with Gasteiger partial charge in [-0.25, -0.2) is 0 Å². The van der Waals surface area contributed by atoms with Crippen LogP contribution in [0.4, 0.5) is 0 Å². The predicted molar refractivity (Wildman–Crippen MR) is 116 cm³/mol. The van der Waals surface area contributed by atoms with Gasteiger partial charge in [-0.3, -0.25) is 0 Å². The molecule has 3 aromatic carbocycles. The van der Waals surface area contributed by atoms with Crippen LogP contribution in [0.25, 0.3) is 21.5 Å². The van der Waals surface area contributed by atoms with E-state index in [4.69, 9.17) is 0 Å². The highest BCUT2D eigenvalue weighted by Crippen LogP contribution is 2.30. The van der Waals surface area contributed by atoms with Crippen molar-refractivity contribution in [3.8, 4) is 0 Å². The zero-order valence-corrected chi connectivity index (χ0v) is 16.3. The second-order valence-electron chi connectivity index (χ2n) is 7.81. The van der Waals surface area contributed by atoms with E-state index < -0.39 is 0 Å². The maximum Gasteiger partial charge on any atom is 0.0897 e. The topological polar surface area (TPSA) is 13.0 Å². The average molecular weight is 371 g/mol. The lowest BCUT2D eigenvalue weighted by molar-refractivity contribution is 0.224. The fourth-order valence-corrected chi connectivity index (χ4v) is 4.24. The first-order valence-corrected chi connectivity index (χ1v) is 9.95. The lowest BCUT2D eigenvalue weighted by Crippen LogP contribution is -2.33. The Bertz CT molecular complexity index is 1000. The van der Waals surface area contributed by atoms with E-state index in [1.54, 1.807) is 0 Å². The Kier molecular flexibility index (Phi) is 4.32. The first-order valence-electron chi connectivity index (χ1n) is 9.95. The first-order chi connectivity index (χ1) is 13.8. The van der Waals surface area contributed by atoms with E-state index >= 15 is 0 Å². The summed E-state index contributed by atoms with van der Waals surface area (Å²) in [5.41, 5.74) is 1.42. The third-order valence-electron chi connectivity index (χ3n) is 5.71. The summed E-state index contributed by atoms with van der Waals surface area (Å²) in [6.07, 6.45) is 8.79. The molecule has 0 N–H and O–H groups in total. The van der Waals surface area contributed by atoms with E-state index in [2.05, 4.69) is 106 Å². The van der Waals surface area contributed by atoms with E-state index in [1.165, 1.54) is 27.1 Å². The van der Waals surface area contributed by atoms with Crippen molar-refractivity contribution in [2.45, 2.75) is 6.54 Å². The van der Waals surface area contributed by atoms with Gasteiger partial charge in [-0.1, -0.05) is 48.5 Å². The Balaban J connectivity index is 1.33. The van der Waals surface area contributed by atoms with E-state index in [0.29, 0.717) is 0 Å². The van der Waals surface area contributed by atoms with E-state index in [9.17, 15) is 0 Å². The fourth-order valence-electron chi connectivity index (χ4n) is 4.24. The van der Waals surface area contributed by atoms with Crippen LogP contribution in [0.5, 0.6) is 0 Å². The highest BCUT2D eigenvalue weighted by atomic mass is 15.4. The van der Waals surface area contributed by atoms with Crippen LogP contribution in [-0.2, 0) is 6.54 Å². The highest BCUT2D eigenvalue weighted by Gasteiger charge is 2.17. The van der Waals surface area contributed by atoms with Gasteiger partial charge < -0.3 is 19.6 Å². The molecule has 4 heteroatoms. The molecule has 0 aromatic heterocycles. The zero-order chi connectivity index (χ0) is 18.9. The summed E-state index contributed by atoms with van der Waals surface area (Å²) >= 11 is 0. The molecule has 0 radical (unpaired) electrons. The quantitative estimate of drug-likeness (QED) is 0.624. The van der Waals surface area contributed by atoms with Crippen LogP contribution in [0.3, 0.4) is 0 Å². The van der Waals surface area contributed by atoms with Crippen molar-refractivity contribution in [3.05, 3.63) is 85.0 Å². The SMILES string of the molecule is CN1C=CN(CCN2C=CN(Cc3c4ccccc4cc4ccccc34)C2)C1. The van der Waals surface area contributed by atoms with Crippen molar-refractivity contribution in [2.24, 2.45) is 0 Å². The van der Waals surface area contributed by atoms with Crippen LogP contribution < -0.4 is 0 Å². The van der Waals surface area contributed by atoms with Crippen molar-refractivity contribution in [1.29, 1.82) is 0 Å². The van der Waals surface area contributed by atoms with Gasteiger partial charge in [-0.05, 0) is 33.2 Å². The average Bonchev–Trinajstić information content (AvgIpc) is 3.35. The summed E-state index contributed by atoms with van der Waals surface area (Å²) in [5, 5.41) is 5.36. The summed E-state index contributed by atoms with van der Waals surface area (Å²) in [6.45, 7) is 4.97. The number of rotatable bonds is 5. The maximum atomic E-state index is 2.42. The smallest absolute Gasteiger partial charge is 0.0897 e. The molecule has 0 saturated carbocycles. The maximum absolute atomic E-state index is 2.42. The minimum absolute atomic E-state index is 0.932. The van der Waals surface area contributed by atoms with Gasteiger partial charge in [0.1, 0.15) is 0 Å². The second-order valence-corrected chi connectivity index (χ2v) is 7.81. The van der Waals surface area contributed by atoms with Gasteiger partial charge >= 0.3 is 0 Å². The molecule has 0 bridgehead atoms. The monoisotopic (exact) mass is 370 g/mol. The Morgan fingerprint density at radius 2 is 1.25 bits per heavy atom. The second kappa shape index (κ2) is 7.12. The molecule has 0 amide bonds. The molecule has 0 atom stereocenters. The van der Waals surface area contributed by atoms with Gasteiger partial charge in [-0.15, -0.1) is 0 Å². The molecular weight excluding hydrogens is 344 g/mol. The fraction of sp³-hybridized carbons (Fsp3) is 0.250. The van der Waals surface area contributed by atoms with Crippen molar-refractivity contribution in [1.82, 2.24) is 19.6 Å². The van der Waals surface area contributed by atoms with Crippen molar-refractivity contribution >= 4 is 21.5 Å². The normalized spacial score (nSPS) is 16.3. The number of fused-ring (bicyclic) bond motifs is 2. The molecule has 0 unspecified atom stereocenters. The third kappa shape index (κ3) is 3.26. The van der Waals surface area contributed by atoms with Crippen LogP contribution in [0.2, 0.25) is 0 Å². The summed E-state index contributed by atoms with van der Waals surface area (Å²) in [5.74, 6) is 0. The molecule has 0 spiro atoms. The number of nitrogens with zero attached hydrogens (tertiary/aromatic N) is 4.